The third-order valence-corrected chi connectivity index (χ3v) is 5.93. The maximum Gasteiger partial charge on any atom is 0.274 e. The first-order chi connectivity index (χ1) is 16.0. The normalized spacial score (nSPS) is 14.5. The summed E-state index contributed by atoms with van der Waals surface area (Å²) in [6.45, 7) is 10.7. The molecule has 0 unspecified atom stereocenters. The molecule has 0 atom stereocenters. The van der Waals surface area contributed by atoms with Gasteiger partial charge in [-0.05, 0) is 41.7 Å². The molecule has 1 fully saturated rings. The molecule has 7 heteroatoms. The number of aromatic hydroxyl groups is 1. The fourth-order valence-corrected chi connectivity index (χ4v) is 4.03. The topological polar surface area (TPSA) is 87.8 Å². The predicted octanol–water partition coefficient (Wildman–Crippen LogP) is 4.42. The van der Waals surface area contributed by atoms with E-state index in [1.54, 1.807) is 6.07 Å². The molecule has 1 aliphatic rings. The van der Waals surface area contributed by atoms with Crippen molar-refractivity contribution in [1.82, 2.24) is 15.4 Å². The summed E-state index contributed by atoms with van der Waals surface area (Å²) in [6, 6.07) is 13.5. The van der Waals surface area contributed by atoms with E-state index in [1.165, 1.54) is 5.56 Å². The number of carbonyl (C=O) groups excluding carboxylic acids is 1. The Balaban J connectivity index is 1.74. The van der Waals surface area contributed by atoms with E-state index in [-0.39, 0.29) is 23.3 Å². The number of hydrogen-bond acceptors (Lipinski definition) is 6. The van der Waals surface area contributed by atoms with Crippen LogP contribution in [0.1, 0.15) is 48.3 Å². The number of morpholine rings is 1. The molecule has 33 heavy (non-hydrogen) atoms. The van der Waals surface area contributed by atoms with Crippen molar-refractivity contribution in [1.29, 1.82) is 0 Å². The number of benzene rings is 2. The highest BCUT2D eigenvalue weighted by atomic mass is 16.5. The highest BCUT2D eigenvalue weighted by Crippen LogP contribution is 2.40. The Kier molecular flexibility index (Phi) is 7.11. The number of nitrogens with one attached hydrogen (secondary N) is 1. The highest BCUT2D eigenvalue weighted by Gasteiger charge is 2.26. The maximum atomic E-state index is 12.8. The summed E-state index contributed by atoms with van der Waals surface area (Å²) in [4.78, 5) is 15.1. The molecule has 2 heterocycles. The Morgan fingerprint density at radius 3 is 2.55 bits per heavy atom. The van der Waals surface area contributed by atoms with Crippen molar-refractivity contribution in [2.45, 2.75) is 33.2 Å². The van der Waals surface area contributed by atoms with Crippen LogP contribution in [-0.2, 0) is 11.3 Å². The molecule has 0 saturated carbocycles. The number of phenols is 1. The van der Waals surface area contributed by atoms with Crippen molar-refractivity contribution >= 4 is 5.91 Å². The number of carbonyl (C=O) groups is 1. The molecule has 0 aliphatic carbocycles. The average molecular weight is 450 g/mol. The SMILES string of the molecule is CCNC(=O)c1noc(-c2cc(C(C)C)ccc2O)c1-c1ccc(CN2CCOCC2)cc1. The van der Waals surface area contributed by atoms with Crippen LogP contribution in [0.3, 0.4) is 0 Å². The minimum atomic E-state index is -0.306. The number of amides is 1. The van der Waals surface area contributed by atoms with Crippen LogP contribution in [0.2, 0.25) is 0 Å². The smallest absolute Gasteiger partial charge is 0.274 e. The monoisotopic (exact) mass is 449 g/mol. The summed E-state index contributed by atoms with van der Waals surface area (Å²) in [7, 11) is 0. The van der Waals surface area contributed by atoms with Crippen molar-refractivity contribution in [2.75, 3.05) is 32.8 Å². The van der Waals surface area contributed by atoms with Crippen molar-refractivity contribution in [2.24, 2.45) is 0 Å². The third-order valence-electron chi connectivity index (χ3n) is 5.93. The van der Waals surface area contributed by atoms with E-state index in [0.29, 0.717) is 23.4 Å². The second-order valence-electron chi connectivity index (χ2n) is 8.61. The van der Waals surface area contributed by atoms with Gasteiger partial charge in [0.2, 0.25) is 0 Å². The predicted molar refractivity (Wildman–Crippen MR) is 127 cm³/mol. The molecule has 0 radical (unpaired) electrons. The molecule has 2 N–H and O–H groups in total. The van der Waals surface area contributed by atoms with Gasteiger partial charge in [-0.3, -0.25) is 9.69 Å². The molecule has 1 saturated heterocycles. The Hall–Kier alpha value is -3.16. The molecule has 2 aromatic carbocycles. The minimum absolute atomic E-state index is 0.0863. The van der Waals surface area contributed by atoms with Crippen molar-refractivity contribution in [3.63, 3.8) is 0 Å². The molecule has 0 bridgehead atoms. The zero-order valence-corrected chi connectivity index (χ0v) is 19.4. The number of ether oxygens (including phenoxy) is 1. The van der Waals surface area contributed by atoms with E-state index in [0.717, 1.165) is 44.0 Å². The Morgan fingerprint density at radius 1 is 1.15 bits per heavy atom. The van der Waals surface area contributed by atoms with E-state index in [4.69, 9.17) is 9.26 Å². The summed E-state index contributed by atoms with van der Waals surface area (Å²) >= 11 is 0. The van der Waals surface area contributed by atoms with Gasteiger partial charge in [-0.2, -0.15) is 0 Å². The molecular formula is C26H31N3O4. The van der Waals surface area contributed by atoms with E-state index < -0.39 is 0 Å². The van der Waals surface area contributed by atoms with Crippen LogP contribution in [0.15, 0.2) is 47.0 Å². The summed E-state index contributed by atoms with van der Waals surface area (Å²) in [5, 5.41) is 17.5. The second kappa shape index (κ2) is 10.2. The third kappa shape index (κ3) is 5.10. The second-order valence-corrected chi connectivity index (χ2v) is 8.61. The largest absolute Gasteiger partial charge is 0.507 e. The van der Waals surface area contributed by atoms with Gasteiger partial charge >= 0.3 is 0 Å². The number of nitrogens with zero attached hydrogens (tertiary/aromatic N) is 2. The first-order valence-corrected chi connectivity index (χ1v) is 11.5. The number of aromatic nitrogens is 1. The zero-order chi connectivity index (χ0) is 23.4. The number of rotatable bonds is 7. The van der Waals surface area contributed by atoms with Gasteiger partial charge < -0.3 is 19.7 Å². The molecular weight excluding hydrogens is 418 g/mol. The fourth-order valence-electron chi connectivity index (χ4n) is 4.03. The summed E-state index contributed by atoms with van der Waals surface area (Å²) < 4.78 is 11.1. The average Bonchev–Trinajstić information content (AvgIpc) is 3.25. The first kappa shape index (κ1) is 23.0. The van der Waals surface area contributed by atoms with Gasteiger partial charge in [0.05, 0.1) is 24.3 Å². The summed E-state index contributed by atoms with van der Waals surface area (Å²) in [6.07, 6.45) is 0. The van der Waals surface area contributed by atoms with Crippen LogP contribution in [0.25, 0.3) is 22.5 Å². The first-order valence-electron chi connectivity index (χ1n) is 11.5. The maximum absolute atomic E-state index is 12.8. The Morgan fingerprint density at radius 2 is 1.88 bits per heavy atom. The Bertz CT molecular complexity index is 1100. The zero-order valence-electron chi connectivity index (χ0n) is 19.4. The van der Waals surface area contributed by atoms with Crippen LogP contribution in [-0.4, -0.2) is 53.9 Å². The van der Waals surface area contributed by atoms with Gasteiger partial charge in [-0.25, -0.2) is 0 Å². The van der Waals surface area contributed by atoms with E-state index in [1.807, 2.05) is 31.2 Å². The number of phenolic OH excluding ortho intramolecular Hbond substituents is 1. The molecule has 1 aliphatic heterocycles. The van der Waals surface area contributed by atoms with Gasteiger partial charge in [0, 0.05) is 26.2 Å². The highest BCUT2D eigenvalue weighted by molar-refractivity contribution is 6.02. The summed E-state index contributed by atoms with van der Waals surface area (Å²) in [5.74, 6) is 0.442. The van der Waals surface area contributed by atoms with Crippen LogP contribution < -0.4 is 5.32 Å². The lowest BCUT2D eigenvalue weighted by Crippen LogP contribution is -2.35. The van der Waals surface area contributed by atoms with E-state index in [9.17, 15) is 9.90 Å². The van der Waals surface area contributed by atoms with Gasteiger partial charge in [-0.15, -0.1) is 0 Å². The molecule has 4 rings (SSSR count). The lowest BCUT2D eigenvalue weighted by Gasteiger charge is -2.26. The van der Waals surface area contributed by atoms with Gasteiger partial charge in [-0.1, -0.05) is 49.3 Å². The number of hydrogen-bond donors (Lipinski definition) is 2. The molecule has 174 valence electrons. The van der Waals surface area contributed by atoms with E-state index >= 15 is 0 Å². The molecule has 7 nitrogen and oxygen atoms in total. The lowest BCUT2D eigenvalue weighted by molar-refractivity contribution is 0.0342. The van der Waals surface area contributed by atoms with Crippen LogP contribution in [0.4, 0.5) is 0 Å². The standard InChI is InChI=1S/C26H31N3O4/c1-4-27-26(31)24-23(19-7-5-18(6-8-19)16-29-11-13-32-14-12-29)25(33-28-24)21-15-20(17(2)3)9-10-22(21)30/h5-10,15,17,30H,4,11-14,16H2,1-3H3,(H,27,31). The van der Waals surface area contributed by atoms with E-state index in [2.05, 4.69) is 41.4 Å². The van der Waals surface area contributed by atoms with Crippen LogP contribution in [0, 0.1) is 0 Å². The van der Waals surface area contributed by atoms with Crippen molar-refractivity contribution in [3.05, 3.63) is 59.3 Å². The molecule has 1 aromatic heterocycles. The lowest BCUT2D eigenvalue weighted by atomic mass is 9.94. The van der Waals surface area contributed by atoms with Gasteiger partial charge in [0.1, 0.15) is 5.75 Å². The van der Waals surface area contributed by atoms with Gasteiger partial charge in [0.15, 0.2) is 11.5 Å². The van der Waals surface area contributed by atoms with Crippen LogP contribution >= 0.6 is 0 Å². The Labute approximate surface area is 194 Å². The van der Waals surface area contributed by atoms with Crippen molar-refractivity contribution < 1.29 is 19.2 Å². The molecule has 3 aromatic rings. The quantitative estimate of drug-likeness (QED) is 0.555. The summed E-state index contributed by atoms with van der Waals surface area (Å²) in [5.41, 5.74) is 4.37. The van der Waals surface area contributed by atoms with Crippen LogP contribution in [0.5, 0.6) is 5.75 Å². The van der Waals surface area contributed by atoms with Gasteiger partial charge in [0.25, 0.3) is 5.91 Å². The minimum Gasteiger partial charge on any atom is -0.507 e. The fraction of sp³-hybridized carbons (Fsp3) is 0.385. The molecule has 1 amide bonds. The van der Waals surface area contributed by atoms with Crippen molar-refractivity contribution in [3.8, 4) is 28.2 Å². The molecule has 0 spiro atoms.